The first kappa shape index (κ1) is 34.2. The first-order valence-electron chi connectivity index (χ1n) is 15.5. The van der Waals surface area contributed by atoms with Crippen LogP contribution in [-0.4, -0.2) is 34.2 Å². The minimum absolute atomic E-state index is 0.0837. The molecule has 4 rings (SSSR count). The van der Waals surface area contributed by atoms with E-state index >= 15 is 4.79 Å². The summed E-state index contributed by atoms with van der Waals surface area (Å²) in [6.45, 7) is 17.4. The van der Waals surface area contributed by atoms with Crippen molar-refractivity contribution in [2.45, 2.75) is 106 Å². The molecular weight excluding hydrogens is 536 g/mol. The summed E-state index contributed by atoms with van der Waals surface area (Å²) >= 11 is 0. The molecule has 1 N–H and O–H groups in total. The molecule has 43 heavy (non-hydrogen) atoms. The van der Waals surface area contributed by atoms with E-state index in [0.29, 0.717) is 24.0 Å². The normalized spacial score (nSPS) is 26.7. The molecule has 3 aliphatic rings. The van der Waals surface area contributed by atoms with E-state index in [-0.39, 0.29) is 42.5 Å². The third-order valence-electron chi connectivity index (χ3n) is 8.78. The second-order valence-electron chi connectivity index (χ2n) is 13.6. The van der Waals surface area contributed by atoms with E-state index in [1.54, 1.807) is 38.1 Å². The van der Waals surface area contributed by atoms with Gasteiger partial charge in [0.05, 0.1) is 11.5 Å². The van der Waals surface area contributed by atoms with Gasteiger partial charge in [-0.05, 0) is 100 Å². The average Bonchev–Trinajstić information content (AvgIpc) is 2.94. The van der Waals surface area contributed by atoms with Gasteiger partial charge in [0, 0.05) is 11.1 Å². The number of aliphatic hydroxyl groups excluding tert-OH is 1. The number of rotatable bonds is 8. The lowest BCUT2D eigenvalue weighted by Gasteiger charge is -2.44. The lowest BCUT2D eigenvalue weighted by atomic mass is 9.59. The van der Waals surface area contributed by atoms with Gasteiger partial charge in [0.2, 0.25) is 0 Å². The Morgan fingerprint density at radius 3 is 2.14 bits per heavy atom. The predicted molar refractivity (Wildman–Crippen MR) is 174 cm³/mol. The lowest BCUT2D eigenvalue weighted by Crippen LogP contribution is -2.53. The standard InChI is InChI=1S/C38H50O5/c1-24(2)15-18-29-23-38(22-21-26(5)6)35(41)30(19-16-25(3)4)34(43-37(8,9)31(39)20-17-27(29)7)32(36(38)42)33(40)28-13-11-10-12-14-28/h10-17,21,29,31-32,39H,18-20,22-23H2,1-9H3/b27-17-/t29-,31+,32+,38+/m0/s1. The lowest BCUT2D eigenvalue weighted by molar-refractivity contribution is -0.146. The second-order valence-corrected chi connectivity index (χ2v) is 13.6. The maximum Gasteiger partial charge on any atom is 0.180 e. The van der Waals surface area contributed by atoms with E-state index in [4.69, 9.17) is 4.74 Å². The van der Waals surface area contributed by atoms with Crippen LogP contribution in [0.15, 0.2) is 88.3 Å². The van der Waals surface area contributed by atoms with Crippen molar-refractivity contribution in [2.75, 3.05) is 0 Å². The number of ether oxygens (including phenoxy) is 1. The molecule has 0 aromatic heterocycles. The maximum absolute atomic E-state index is 15.1. The van der Waals surface area contributed by atoms with Crippen LogP contribution >= 0.6 is 0 Å². The van der Waals surface area contributed by atoms with Crippen molar-refractivity contribution in [3.05, 3.63) is 93.8 Å². The fourth-order valence-electron chi connectivity index (χ4n) is 5.89. The molecule has 232 valence electrons. The summed E-state index contributed by atoms with van der Waals surface area (Å²) in [6.07, 6.45) is 8.84. The molecule has 0 unspecified atom stereocenters. The smallest absolute Gasteiger partial charge is 0.180 e. The van der Waals surface area contributed by atoms with Crippen LogP contribution in [0.3, 0.4) is 0 Å². The molecule has 0 saturated carbocycles. The molecular formula is C38H50O5. The largest absolute Gasteiger partial charge is 0.488 e. The Bertz CT molecular complexity index is 1370. The Kier molecular flexibility index (Phi) is 11.1. The molecule has 0 spiro atoms. The maximum atomic E-state index is 15.1. The van der Waals surface area contributed by atoms with Gasteiger partial charge in [0.1, 0.15) is 17.3 Å². The van der Waals surface area contributed by atoms with Gasteiger partial charge in [0.15, 0.2) is 17.3 Å². The first-order chi connectivity index (χ1) is 20.1. The highest BCUT2D eigenvalue weighted by atomic mass is 16.5. The number of hydrogen-bond acceptors (Lipinski definition) is 5. The molecule has 1 aromatic rings. The van der Waals surface area contributed by atoms with E-state index in [1.807, 2.05) is 72.8 Å². The summed E-state index contributed by atoms with van der Waals surface area (Å²) in [5, 5.41) is 11.4. The van der Waals surface area contributed by atoms with Crippen molar-refractivity contribution in [3.63, 3.8) is 0 Å². The molecule has 0 fully saturated rings. The van der Waals surface area contributed by atoms with Crippen molar-refractivity contribution in [2.24, 2.45) is 17.3 Å². The monoisotopic (exact) mass is 586 g/mol. The van der Waals surface area contributed by atoms with E-state index < -0.39 is 28.8 Å². The minimum atomic E-state index is -1.44. The quantitative estimate of drug-likeness (QED) is 0.188. The molecule has 1 aromatic carbocycles. The minimum Gasteiger partial charge on any atom is -0.488 e. The van der Waals surface area contributed by atoms with Gasteiger partial charge in [0.25, 0.3) is 0 Å². The third kappa shape index (κ3) is 7.80. The number of carbonyl (C=O) groups is 3. The molecule has 0 amide bonds. The van der Waals surface area contributed by atoms with Crippen molar-refractivity contribution >= 4 is 17.3 Å². The molecule has 5 heteroatoms. The van der Waals surface area contributed by atoms with Crippen LogP contribution in [0.2, 0.25) is 0 Å². The third-order valence-corrected chi connectivity index (χ3v) is 8.78. The SMILES string of the molecule is CC(C)=CCC1=C2OC(C)(C)[C@H](O)C/C=C(/C)[C@@H](CC=C(C)C)C[C@](CC=C(C)C)(C1=O)C(=O)[C@@H]2C(=O)c1ccccc1. The van der Waals surface area contributed by atoms with E-state index in [1.165, 1.54) is 0 Å². The fraction of sp³-hybridized carbons (Fsp3) is 0.500. The van der Waals surface area contributed by atoms with E-state index in [2.05, 4.69) is 6.08 Å². The van der Waals surface area contributed by atoms with Gasteiger partial charge < -0.3 is 9.84 Å². The van der Waals surface area contributed by atoms with Crippen molar-refractivity contribution in [1.82, 2.24) is 0 Å². The summed E-state index contributed by atoms with van der Waals surface area (Å²) < 4.78 is 6.55. The van der Waals surface area contributed by atoms with Crippen LogP contribution in [0.5, 0.6) is 0 Å². The highest BCUT2D eigenvalue weighted by Gasteiger charge is 2.58. The number of Topliss-reactive ketones (excluding diaryl/α,β-unsaturated/α-hetero) is 3. The molecule has 1 aliphatic carbocycles. The van der Waals surface area contributed by atoms with Crippen LogP contribution in [-0.2, 0) is 14.3 Å². The zero-order valence-corrected chi connectivity index (χ0v) is 27.5. The number of benzene rings is 1. The molecule has 5 nitrogen and oxygen atoms in total. The number of ketones is 3. The van der Waals surface area contributed by atoms with Gasteiger partial charge in [-0.15, -0.1) is 0 Å². The second kappa shape index (κ2) is 14.0. The van der Waals surface area contributed by atoms with Crippen molar-refractivity contribution < 1.29 is 24.2 Å². The molecule has 0 radical (unpaired) electrons. The molecule has 2 bridgehead atoms. The van der Waals surface area contributed by atoms with Crippen LogP contribution < -0.4 is 0 Å². The summed E-state index contributed by atoms with van der Waals surface area (Å²) in [7, 11) is 0. The number of carbonyl (C=O) groups excluding carboxylic acids is 3. The summed E-state index contributed by atoms with van der Waals surface area (Å²) in [5.41, 5.74) is 2.29. The summed E-state index contributed by atoms with van der Waals surface area (Å²) in [6, 6.07) is 8.76. The number of fused-ring (bicyclic) bond motifs is 8. The zero-order valence-electron chi connectivity index (χ0n) is 27.5. The fourth-order valence-corrected chi connectivity index (χ4v) is 5.89. The average molecular weight is 587 g/mol. The van der Waals surface area contributed by atoms with Gasteiger partial charge >= 0.3 is 0 Å². The Labute approximate surface area is 258 Å². The zero-order chi connectivity index (χ0) is 32.1. The van der Waals surface area contributed by atoms with Gasteiger partial charge in [-0.1, -0.05) is 76.9 Å². The highest BCUT2D eigenvalue weighted by Crippen LogP contribution is 2.49. The van der Waals surface area contributed by atoms with Crippen LogP contribution in [0.1, 0.15) is 105 Å². The van der Waals surface area contributed by atoms with Crippen LogP contribution in [0, 0.1) is 17.3 Å². The molecule has 2 aliphatic heterocycles. The Morgan fingerprint density at radius 2 is 1.56 bits per heavy atom. The van der Waals surface area contributed by atoms with Crippen LogP contribution in [0.25, 0.3) is 0 Å². The van der Waals surface area contributed by atoms with E-state index in [9.17, 15) is 14.7 Å². The predicted octanol–water partition coefficient (Wildman–Crippen LogP) is 8.46. The van der Waals surface area contributed by atoms with Crippen molar-refractivity contribution in [3.8, 4) is 0 Å². The van der Waals surface area contributed by atoms with Crippen molar-refractivity contribution in [1.29, 1.82) is 0 Å². The molecule has 2 heterocycles. The Hall–Kier alpha value is -3.31. The summed E-state index contributed by atoms with van der Waals surface area (Å²) in [4.78, 5) is 44.4. The van der Waals surface area contributed by atoms with Gasteiger partial charge in [-0.25, -0.2) is 0 Å². The van der Waals surface area contributed by atoms with Crippen LogP contribution in [0.4, 0.5) is 0 Å². The Morgan fingerprint density at radius 1 is 0.953 bits per heavy atom. The first-order valence-corrected chi connectivity index (χ1v) is 15.5. The number of hydrogen-bond donors (Lipinski definition) is 1. The summed E-state index contributed by atoms with van der Waals surface area (Å²) in [5.74, 6) is -2.44. The number of aliphatic hydroxyl groups is 1. The molecule has 4 atom stereocenters. The van der Waals surface area contributed by atoms with E-state index in [0.717, 1.165) is 22.3 Å². The number of allylic oxidation sites excluding steroid dienone is 9. The Balaban J connectivity index is 2.46. The van der Waals surface area contributed by atoms with Gasteiger partial charge in [-0.2, -0.15) is 0 Å². The topological polar surface area (TPSA) is 80.7 Å². The highest BCUT2D eigenvalue weighted by molar-refractivity contribution is 6.26. The van der Waals surface area contributed by atoms with Gasteiger partial charge in [-0.3, -0.25) is 14.4 Å². The molecule has 0 saturated heterocycles.